The van der Waals surface area contributed by atoms with E-state index in [-0.39, 0.29) is 0 Å². The van der Waals surface area contributed by atoms with Crippen molar-refractivity contribution in [3.05, 3.63) is 176 Å². The van der Waals surface area contributed by atoms with Gasteiger partial charge in [-0.1, -0.05) is 146 Å². The number of furan rings is 1. The van der Waals surface area contributed by atoms with Gasteiger partial charge in [0.2, 0.25) is 0 Å². The largest absolute Gasteiger partial charge is 0.456 e. The van der Waals surface area contributed by atoms with E-state index in [9.17, 15) is 0 Å². The molecule has 0 N–H and O–H groups in total. The SMILES string of the molecule is c1ccc(-c2ccc(-c3nc(-c4cccc(-c5ccccc5)c4)nc(-c4ccc5c(c4)oc4ccc(-c6ccccc6)cc45)n3)cc2)cc1. The van der Waals surface area contributed by atoms with Crippen molar-refractivity contribution in [2.75, 3.05) is 0 Å². The van der Waals surface area contributed by atoms with Gasteiger partial charge in [-0.15, -0.1) is 0 Å². The molecule has 0 amide bonds. The van der Waals surface area contributed by atoms with Crippen molar-refractivity contribution < 1.29 is 4.42 Å². The van der Waals surface area contributed by atoms with Crippen molar-refractivity contribution in [2.45, 2.75) is 0 Å². The van der Waals surface area contributed by atoms with E-state index in [1.165, 1.54) is 11.1 Å². The summed E-state index contributed by atoms with van der Waals surface area (Å²) in [6.07, 6.45) is 0. The Morgan fingerprint density at radius 3 is 1.33 bits per heavy atom. The van der Waals surface area contributed by atoms with Gasteiger partial charge < -0.3 is 4.42 Å². The summed E-state index contributed by atoms with van der Waals surface area (Å²) in [7, 11) is 0. The van der Waals surface area contributed by atoms with Crippen LogP contribution in [-0.2, 0) is 0 Å². The second kappa shape index (κ2) is 12.2. The summed E-state index contributed by atoms with van der Waals surface area (Å²) in [5.41, 5.74) is 11.2. The van der Waals surface area contributed by atoms with E-state index in [1.54, 1.807) is 0 Å². The van der Waals surface area contributed by atoms with Crippen LogP contribution >= 0.6 is 0 Å². The van der Waals surface area contributed by atoms with Gasteiger partial charge in [0.1, 0.15) is 11.2 Å². The van der Waals surface area contributed by atoms with E-state index in [1.807, 2.05) is 24.3 Å². The number of hydrogen-bond acceptors (Lipinski definition) is 4. The van der Waals surface area contributed by atoms with E-state index < -0.39 is 0 Å². The quantitative estimate of drug-likeness (QED) is 0.184. The highest BCUT2D eigenvalue weighted by Gasteiger charge is 2.16. The van der Waals surface area contributed by atoms with Crippen molar-refractivity contribution in [3.63, 3.8) is 0 Å². The van der Waals surface area contributed by atoms with Gasteiger partial charge in [-0.2, -0.15) is 0 Å². The van der Waals surface area contributed by atoms with Gasteiger partial charge in [0.15, 0.2) is 17.5 Å². The molecule has 0 radical (unpaired) electrons. The summed E-state index contributed by atoms with van der Waals surface area (Å²) in [5, 5.41) is 2.13. The van der Waals surface area contributed by atoms with Crippen LogP contribution < -0.4 is 0 Å². The van der Waals surface area contributed by atoms with Crippen LogP contribution in [0.2, 0.25) is 0 Å². The normalized spacial score (nSPS) is 11.3. The van der Waals surface area contributed by atoms with Crippen molar-refractivity contribution in [1.29, 1.82) is 0 Å². The molecule has 0 fully saturated rings. The van der Waals surface area contributed by atoms with Crippen LogP contribution in [0.3, 0.4) is 0 Å². The molecule has 9 rings (SSSR count). The predicted octanol–water partition coefficient (Wildman–Crippen LogP) is 11.8. The average molecular weight is 628 g/mol. The Balaban J connectivity index is 1.16. The van der Waals surface area contributed by atoms with Crippen LogP contribution in [-0.4, -0.2) is 15.0 Å². The maximum atomic E-state index is 6.38. The third kappa shape index (κ3) is 5.56. The molecule has 0 spiro atoms. The van der Waals surface area contributed by atoms with Gasteiger partial charge in [0.25, 0.3) is 0 Å². The maximum Gasteiger partial charge on any atom is 0.164 e. The Bertz CT molecular complexity index is 2580. The molecule has 0 atom stereocenters. The zero-order valence-electron chi connectivity index (χ0n) is 26.5. The van der Waals surface area contributed by atoms with Crippen molar-refractivity contribution in [1.82, 2.24) is 15.0 Å². The zero-order chi connectivity index (χ0) is 32.6. The van der Waals surface area contributed by atoms with Crippen molar-refractivity contribution in [3.8, 4) is 67.5 Å². The first-order valence-corrected chi connectivity index (χ1v) is 16.4. The maximum absolute atomic E-state index is 6.38. The van der Waals surface area contributed by atoms with E-state index >= 15 is 0 Å². The Kier molecular flexibility index (Phi) is 7.10. The van der Waals surface area contributed by atoms with Gasteiger partial charge in [-0.25, -0.2) is 15.0 Å². The smallest absolute Gasteiger partial charge is 0.164 e. The Morgan fingerprint density at radius 1 is 0.265 bits per heavy atom. The van der Waals surface area contributed by atoms with Crippen LogP contribution in [0.1, 0.15) is 0 Å². The lowest BCUT2D eigenvalue weighted by atomic mass is 10.0. The summed E-state index contributed by atoms with van der Waals surface area (Å²) in [6, 6.07) is 60.5. The standard InChI is InChI=1S/C45H29N3O/c1-4-11-30(12-5-1)33-19-21-34(22-20-33)43-46-44(37-18-10-17-35(27-37)31-13-6-2-7-14-31)48-45(47-43)38-23-25-39-40-28-36(32-15-8-3-9-16-32)24-26-41(40)49-42(39)29-38/h1-29H. The second-order valence-corrected chi connectivity index (χ2v) is 12.1. The molecule has 0 saturated carbocycles. The molecule has 230 valence electrons. The minimum absolute atomic E-state index is 0.588. The fraction of sp³-hybridized carbons (Fsp3) is 0. The molecular formula is C45H29N3O. The molecule has 0 saturated heterocycles. The first kappa shape index (κ1) is 28.6. The lowest BCUT2D eigenvalue weighted by molar-refractivity contribution is 0.669. The molecule has 0 unspecified atom stereocenters. The molecule has 0 aliphatic heterocycles. The number of rotatable bonds is 6. The van der Waals surface area contributed by atoms with Gasteiger partial charge in [-0.05, 0) is 63.7 Å². The van der Waals surface area contributed by atoms with Gasteiger partial charge >= 0.3 is 0 Å². The Hall–Kier alpha value is -6.65. The second-order valence-electron chi connectivity index (χ2n) is 12.1. The van der Waals surface area contributed by atoms with E-state index in [4.69, 9.17) is 19.4 Å². The van der Waals surface area contributed by atoms with Gasteiger partial charge in [0.05, 0.1) is 0 Å². The first-order valence-electron chi connectivity index (χ1n) is 16.4. The lowest BCUT2D eigenvalue weighted by Gasteiger charge is -2.10. The average Bonchev–Trinajstić information content (AvgIpc) is 3.56. The monoisotopic (exact) mass is 627 g/mol. The van der Waals surface area contributed by atoms with E-state index in [2.05, 4.69) is 152 Å². The molecular weight excluding hydrogens is 599 g/mol. The predicted molar refractivity (Wildman–Crippen MR) is 200 cm³/mol. The minimum atomic E-state index is 0.588. The highest BCUT2D eigenvalue weighted by Crippen LogP contribution is 2.35. The molecule has 0 aliphatic carbocycles. The Labute approximate surface area is 284 Å². The van der Waals surface area contributed by atoms with E-state index in [0.29, 0.717) is 17.5 Å². The molecule has 2 heterocycles. The van der Waals surface area contributed by atoms with Gasteiger partial charge in [-0.3, -0.25) is 0 Å². The molecule has 0 bridgehead atoms. The fourth-order valence-corrected chi connectivity index (χ4v) is 6.40. The third-order valence-electron chi connectivity index (χ3n) is 8.95. The summed E-state index contributed by atoms with van der Waals surface area (Å²) in [4.78, 5) is 15.1. The van der Waals surface area contributed by atoms with E-state index in [0.717, 1.165) is 60.9 Å². The fourth-order valence-electron chi connectivity index (χ4n) is 6.40. The number of aromatic nitrogens is 3. The summed E-state index contributed by atoms with van der Waals surface area (Å²) < 4.78 is 6.38. The van der Waals surface area contributed by atoms with Crippen molar-refractivity contribution >= 4 is 21.9 Å². The molecule has 7 aromatic carbocycles. The number of hydrogen-bond donors (Lipinski definition) is 0. The summed E-state index contributed by atoms with van der Waals surface area (Å²) in [5.74, 6) is 1.81. The molecule has 9 aromatic rings. The topological polar surface area (TPSA) is 51.8 Å². The summed E-state index contributed by atoms with van der Waals surface area (Å²) in [6.45, 7) is 0. The molecule has 2 aromatic heterocycles. The summed E-state index contributed by atoms with van der Waals surface area (Å²) >= 11 is 0. The van der Waals surface area contributed by atoms with Crippen LogP contribution in [0.15, 0.2) is 180 Å². The molecule has 0 aliphatic rings. The third-order valence-corrected chi connectivity index (χ3v) is 8.95. The number of fused-ring (bicyclic) bond motifs is 3. The first-order chi connectivity index (χ1) is 24.2. The van der Waals surface area contributed by atoms with Gasteiger partial charge in [0, 0.05) is 27.5 Å². The van der Waals surface area contributed by atoms with Crippen molar-refractivity contribution in [2.24, 2.45) is 0 Å². The highest BCUT2D eigenvalue weighted by molar-refractivity contribution is 6.07. The van der Waals surface area contributed by atoms with Crippen LogP contribution in [0.25, 0.3) is 89.5 Å². The molecule has 4 nitrogen and oxygen atoms in total. The number of benzene rings is 7. The molecule has 4 heteroatoms. The highest BCUT2D eigenvalue weighted by atomic mass is 16.3. The number of nitrogens with zero attached hydrogens (tertiary/aromatic N) is 3. The molecule has 49 heavy (non-hydrogen) atoms. The van der Waals surface area contributed by atoms with Crippen LogP contribution in [0, 0.1) is 0 Å². The zero-order valence-corrected chi connectivity index (χ0v) is 26.5. The van der Waals surface area contributed by atoms with Crippen LogP contribution in [0.5, 0.6) is 0 Å². The minimum Gasteiger partial charge on any atom is -0.456 e. The van der Waals surface area contributed by atoms with Crippen LogP contribution in [0.4, 0.5) is 0 Å². The Morgan fingerprint density at radius 2 is 0.694 bits per heavy atom. The lowest BCUT2D eigenvalue weighted by Crippen LogP contribution is -2.00.